The second-order valence-electron chi connectivity index (χ2n) is 8.04. The minimum atomic E-state index is -0.0768. The van der Waals surface area contributed by atoms with E-state index in [1.54, 1.807) is 4.90 Å². The lowest BCUT2D eigenvalue weighted by molar-refractivity contribution is -0.887. The van der Waals surface area contributed by atoms with E-state index in [2.05, 4.69) is 26.0 Å². The van der Waals surface area contributed by atoms with Crippen molar-refractivity contribution in [2.75, 3.05) is 26.2 Å². The van der Waals surface area contributed by atoms with Crippen LogP contribution in [0.2, 0.25) is 0 Å². The highest BCUT2D eigenvalue weighted by atomic mass is 16.5. The van der Waals surface area contributed by atoms with E-state index in [1.807, 2.05) is 42.5 Å². The Labute approximate surface area is 163 Å². The van der Waals surface area contributed by atoms with Gasteiger partial charge in [0.05, 0.1) is 32.2 Å². The number of likely N-dealkylation sites (tertiary alicyclic amines) is 1. The van der Waals surface area contributed by atoms with Crippen LogP contribution in [0.3, 0.4) is 0 Å². The van der Waals surface area contributed by atoms with Gasteiger partial charge in [0, 0.05) is 18.4 Å². The van der Waals surface area contributed by atoms with Crippen LogP contribution in [-0.2, 0) is 0 Å². The van der Waals surface area contributed by atoms with Crippen LogP contribution < -0.4 is 9.64 Å². The Kier molecular flexibility index (Phi) is 7.05. The molecule has 144 valence electrons. The molecule has 2 aromatic carbocycles. The first-order chi connectivity index (χ1) is 13.1. The molecule has 3 rings (SSSR count). The van der Waals surface area contributed by atoms with Crippen molar-refractivity contribution >= 4 is 5.78 Å². The maximum Gasteiger partial charge on any atom is 0.175 e. The topological polar surface area (TPSA) is 30.7 Å². The third kappa shape index (κ3) is 5.67. The minimum Gasteiger partial charge on any atom is -0.494 e. The number of benzene rings is 2. The van der Waals surface area contributed by atoms with Gasteiger partial charge in [0.2, 0.25) is 0 Å². The first-order valence-corrected chi connectivity index (χ1v) is 10.3. The molecule has 0 aromatic heterocycles. The first kappa shape index (κ1) is 19.6. The van der Waals surface area contributed by atoms with Gasteiger partial charge in [-0.2, -0.15) is 0 Å². The number of hydrogen-bond donors (Lipinski definition) is 1. The summed E-state index contributed by atoms with van der Waals surface area (Å²) in [5.74, 6) is 1.61. The van der Waals surface area contributed by atoms with Gasteiger partial charge in [-0.15, -0.1) is 0 Å². The molecular formula is C24H32NO2+. The van der Waals surface area contributed by atoms with E-state index in [1.165, 1.54) is 25.9 Å². The lowest BCUT2D eigenvalue weighted by Gasteiger charge is -2.21. The molecule has 0 amide bonds. The number of nitrogens with one attached hydrogen (secondary N) is 1. The summed E-state index contributed by atoms with van der Waals surface area (Å²) in [5, 5.41) is 0. The van der Waals surface area contributed by atoms with Gasteiger partial charge in [-0.3, -0.25) is 4.79 Å². The highest BCUT2D eigenvalue weighted by Gasteiger charge is 2.28. The van der Waals surface area contributed by atoms with E-state index in [-0.39, 0.29) is 11.7 Å². The van der Waals surface area contributed by atoms with Gasteiger partial charge in [-0.1, -0.05) is 44.2 Å². The Morgan fingerprint density at radius 3 is 2.30 bits per heavy atom. The average Bonchev–Trinajstić information content (AvgIpc) is 3.20. The lowest BCUT2D eigenvalue weighted by atomic mass is 9.90. The third-order valence-corrected chi connectivity index (χ3v) is 5.42. The molecule has 0 bridgehead atoms. The summed E-state index contributed by atoms with van der Waals surface area (Å²) in [6.45, 7) is 8.35. The highest BCUT2D eigenvalue weighted by molar-refractivity contribution is 6.01. The van der Waals surface area contributed by atoms with E-state index in [0.29, 0.717) is 5.92 Å². The fourth-order valence-corrected chi connectivity index (χ4v) is 3.74. The van der Waals surface area contributed by atoms with Crippen molar-refractivity contribution in [1.29, 1.82) is 0 Å². The molecule has 0 aliphatic carbocycles. The number of carbonyl (C=O) groups excluding carboxylic acids is 1. The number of rotatable bonds is 9. The van der Waals surface area contributed by atoms with Crippen molar-refractivity contribution in [1.82, 2.24) is 0 Å². The maximum absolute atomic E-state index is 13.3. The normalized spacial score (nSPS) is 15.8. The Hall–Kier alpha value is -2.13. The summed E-state index contributed by atoms with van der Waals surface area (Å²) >= 11 is 0. The Morgan fingerprint density at radius 2 is 1.67 bits per heavy atom. The summed E-state index contributed by atoms with van der Waals surface area (Å²) in [6.07, 6.45) is 3.58. The van der Waals surface area contributed by atoms with Crippen molar-refractivity contribution in [3.63, 3.8) is 0 Å². The van der Waals surface area contributed by atoms with Gasteiger partial charge in [0.1, 0.15) is 5.75 Å². The predicted octanol–water partition coefficient (Wildman–Crippen LogP) is 3.76. The summed E-state index contributed by atoms with van der Waals surface area (Å²) in [6, 6.07) is 17.9. The lowest BCUT2D eigenvalue weighted by Crippen LogP contribution is -3.10. The molecule has 1 N–H and O–H groups in total. The fourth-order valence-electron chi connectivity index (χ4n) is 3.74. The molecule has 27 heavy (non-hydrogen) atoms. The number of hydrogen-bond acceptors (Lipinski definition) is 2. The average molecular weight is 367 g/mol. The molecule has 2 aromatic rings. The predicted molar refractivity (Wildman–Crippen MR) is 110 cm³/mol. The van der Waals surface area contributed by atoms with E-state index < -0.39 is 0 Å². The zero-order valence-corrected chi connectivity index (χ0v) is 16.6. The van der Waals surface area contributed by atoms with Gasteiger partial charge in [0.25, 0.3) is 0 Å². The van der Waals surface area contributed by atoms with Crippen LogP contribution in [0.5, 0.6) is 5.75 Å². The van der Waals surface area contributed by atoms with Gasteiger partial charge >= 0.3 is 0 Å². The molecular weight excluding hydrogens is 334 g/mol. The second-order valence-corrected chi connectivity index (χ2v) is 8.04. The number of quaternary nitrogens is 1. The summed E-state index contributed by atoms with van der Waals surface area (Å²) in [5.41, 5.74) is 1.90. The largest absolute Gasteiger partial charge is 0.494 e. The van der Waals surface area contributed by atoms with Crippen LogP contribution in [-0.4, -0.2) is 32.0 Å². The smallest absolute Gasteiger partial charge is 0.175 e. The van der Waals surface area contributed by atoms with Gasteiger partial charge in [0.15, 0.2) is 5.78 Å². The molecule has 1 saturated heterocycles. The van der Waals surface area contributed by atoms with Crippen LogP contribution in [0.1, 0.15) is 54.9 Å². The minimum absolute atomic E-state index is 0.0768. The van der Waals surface area contributed by atoms with E-state index in [0.717, 1.165) is 36.4 Å². The second kappa shape index (κ2) is 9.70. The molecule has 3 heteroatoms. The molecule has 1 aliphatic rings. The molecule has 1 atom stereocenters. The number of Topliss-reactive ketones (excluding diaryl/α,β-unsaturated/α-hetero) is 1. The fraction of sp³-hybridized carbons (Fsp3) is 0.458. The van der Waals surface area contributed by atoms with Crippen LogP contribution in [0.15, 0.2) is 54.6 Å². The van der Waals surface area contributed by atoms with Crippen LogP contribution in [0, 0.1) is 5.92 Å². The summed E-state index contributed by atoms with van der Waals surface area (Å²) in [7, 11) is 0. The van der Waals surface area contributed by atoms with Crippen LogP contribution in [0.4, 0.5) is 0 Å². The number of carbonyl (C=O) groups is 1. The van der Waals surface area contributed by atoms with Crippen LogP contribution in [0.25, 0.3) is 0 Å². The van der Waals surface area contributed by atoms with E-state index >= 15 is 0 Å². The Morgan fingerprint density at radius 1 is 1.00 bits per heavy atom. The van der Waals surface area contributed by atoms with Crippen LogP contribution >= 0.6 is 0 Å². The third-order valence-electron chi connectivity index (χ3n) is 5.42. The molecule has 0 radical (unpaired) electrons. The van der Waals surface area contributed by atoms with Gasteiger partial charge < -0.3 is 9.64 Å². The van der Waals surface area contributed by atoms with Gasteiger partial charge in [-0.05, 0) is 42.2 Å². The first-order valence-electron chi connectivity index (χ1n) is 10.3. The number of ether oxygens (including phenoxy) is 1. The molecule has 1 aliphatic heterocycles. The van der Waals surface area contributed by atoms with Crippen molar-refractivity contribution in [2.24, 2.45) is 5.92 Å². The van der Waals surface area contributed by atoms with Crippen molar-refractivity contribution in [2.45, 2.75) is 39.0 Å². The van der Waals surface area contributed by atoms with Crippen molar-refractivity contribution < 1.29 is 14.4 Å². The highest BCUT2D eigenvalue weighted by Crippen LogP contribution is 2.22. The van der Waals surface area contributed by atoms with Crippen molar-refractivity contribution in [3.05, 3.63) is 65.7 Å². The van der Waals surface area contributed by atoms with Gasteiger partial charge in [-0.25, -0.2) is 0 Å². The molecule has 1 heterocycles. The SMILES string of the molecule is CC(C)CCOc1ccc(C(=O)C(C[NH+]2CCCC2)c2ccccc2)cc1. The summed E-state index contributed by atoms with van der Waals surface area (Å²) < 4.78 is 5.79. The molecule has 1 fully saturated rings. The monoisotopic (exact) mass is 366 g/mol. The Bertz CT molecular complexity index is 703. The maximum atomic E-state index is 13.3. The Balaban J connectivity index is 1.71. The quantitative estimate of drug-likeness (QED) is 0.685. The molecule has 1 unspecified atom stereocenters. The zero-order chi connectivity index (χ0) is 19.1. The van der Waals surface area contributed by atoms with E-state index in [4.69, 9.17) is 4.74 Å². The molecule has 0 saturated carbocycles. The standard InChI is InChI=1S/C24H31NO2/c1-19(2)14-17-27-22-12-10-21(11-13-22)24(26)23(18-25-15-6-7-16-25)20-8-4-3-5-9-20/h3-5,8-13,19,23H,6-7,14-18H2,1-2H3/p+1. The molecule has 0 spiro atoms. The number of ketones is 1. The zero-order valence-electron chi connectivity index (χ0n) is 16.6. The molecule has 3 nitrogen and oxygen atoms in total. The summed E-state index contributed by atoms with van der Waals surface area (Å²) in [4.78, 5) is 14.8. The van der Waals surface area contributed by atoms with Crippen molar-refractivity contribution in [3.8, 4) is 5.75 Å². The van der Waals surface area contributed by atoms with E-state index in [9.17, 15) is 4.79 Å².